The van der Waals surface area contributed by atoms with Crippen LogP contribution in [0.2, 0.25) is 0 Å². The zero-order valence-electron chi connectivity index (χ0n) is 26.2. The maximum Gasteiger partial charge on any atom is 0.239 e. The van der Waals surface area contributed by atoms with Gasteiger partial charge in [0, 0.05) is 31.6 Å². The van der Waals surface area contributed by atoms with E-state index in [1.807, 2.05) is 91.9 Å². The third kappa shape index (κ3) is 7.46. The first kappa shape index (κ1) is 31.0. The molecular weight excluding hydrogens is 582 g/mol. The number of likely N-dealkylation sites (N-methyl/N-ethyl adjacent to an activating group) is 1. The van der Waals surface area contributed by atoms with Crippen molar-refractivity contribution in [3.05, 3.63) is 96.1 Å². The summed E-state index contributed by atoms with van der Waals surface area (Å²) >= 11 is 0. The van der Waals surface area contributed by atoms with E-state index < -0.39 is 0 Å². The van der Waals surface area contributed by atoms with Crippen LogP contribution in [0.4, 0.5) is 5.82 Å². The average molecular weight is 622 g/mol. The van der Waals surface area contributed by atoms with Crippen molar-refractivity contribution in [2.24, 2.45) is 0 Å². The fourth-order valence-electron chi connectivity index (χ4n) is 5.91. The quantitative estimate of drug-likeness (QED) is 0.339. The number of nitrogens with zero attached hydrogens (tertiary/aromatic N) is 4. The van der Waals surface area contributed by atoms with Crippen LogP contribution in [0.15, 0.2) is 84.9 Å². The summed E-state index contributed by atoms with van der Waals surface area (Å²) in [5.74, 6) is 2.29. The molecule has 0 aliphatic carbocycles. The minimum atomic E-state index is -0.334. The standard InChI is InChI=1S/C36H39N5O5/c1-3-40-23-35(42)37-30-18-19-41(34-16-14-29(38-39-34)27-9-5-4-6-10-27)22-33(30)45-24-26-8-7-11-28(20-26)46-32-21-25(13-17-36(40)43)12-15-31(32)44-2/h4-12,14-16,20-21,30,33H,3,13,17-19,22-24H2,1-2H3,(H,37,42)/t30-,33-/m0/s1. The predicted octanol–water partition coefficient (Wildman–Crippen LogP) is 5.02. The fraction of sp³-hybridized carbons (Fsp3) is 0.333. The number of anilines is 1. The molecule has 0 saturated carbocycles. The van der Waals surface area contributed by atoms with Crippen LogP contribution >= 0.6 is 0 Å². The number of carbonyl (C=O) groups excluding carboxylic acids is 2. The molecule has 1 saturated heterocycles. The number of hydrogen-bond donors (Lipinski definition) is 1. The Hall–Kier alpha value is -4.96. The van der Waals surface area contributed by atoms with E-state index in [2.05, 4.69) is 20.4 Å². The Balaban J connectivity index is 1.25. The molecule has 1 N–H and O–H groups in total. The first-order chi connectivity index (χ1) is 22.5. The zero-order valence-corrected chi connectivity index (χ0v) is 26.2. The molecule has 46 heavy (non-hydrogen) atoms. The number of nitrogens with one attached hydrogen (secondary N) is 1. The lowest BCUT2D eigenvalue weighted by atomic mass is 10.0. The van der Waals surface area contributed by atoms with Crippen molar-refractivity contribution in [3.8, 4) is 28.5 Å². The largest absolute Gasteiger partial charge is 0.493 e. The maximum atomic E-state index is 13.3. The smallest absolute Gasteiger partial charge is 0.239 e. The summed E-state index contributed by atoms with van der Waals surface area (Å²) in [5, 5.41) is 12.2. The van der Waals surface area contributed by atoms with Crippen molar-refractivity contribution >= 4 is 17.6 Å². The van der Waals surface area contributed by atoms with Gasteiger partial charge in [0.1, 0.15) is 5.75 Å². The lowest BCUT2D eigenvalue weighted by molar-refractivity contribution is -0.136. The molecule has 4 aromatic rings. The third-order valence-electron chi connectivity index (χ3n) is 8.46. The Morgan fingerprint density at radius 1 is 0.935 bits per heavy atom. The number of carbonyl (C=O) groups is 2. The third-order valence-corrected chi connectivity index (χ3v) is 8.46. The number of hydrogen-bond acceptors (Lipinski definition) is 8. The van der Waals surface area contributed by atoms with Crippen molar-refractivity contribution in [1.82, 2.24) is 20.4 Å². The highest BCUT2D eigenvalue weighted by molar-refractivity contribution is 5.85. The highest BCUT2D eigenvalue weighted by Crippen LogP contribution is 2.33. The van der Waals surface area contributed by atoms with E-state index >= 15 is 0 Å². The first-order valence-electron chi connectivity index (χ1n) is 15.8. The summed E-state index contributed by atoms with van der Waals surface area (Å²) in [6.07, 6.45) is 1.10. The number of ether oxygens (including phenoxy) is 3. The summed E-state index contributed by atoms with van der Waals surface area (Å²) in [6, 6.07) is 27.1. The fourth-order valence-corrected chi connectivity index (χ4v) is 5.91. The average Bonchev–Trinajstić information content (AvgIpc) is 3.09. The van der Waals surface area contributed by atoms with Gasteiger partial charge in [-0.2, -0.15) is 0 Å². The summed E-state index contributed by atoms with van der Waals surface area (Å²) in [7, 11) is 1.60. The van der Waals surface area contributed by atoms with E-state index in [0.29, 0.717) is 56.3 Å². The van der Waals surface area contributed by atoms with Crippen molar-refractivity contribution in [1.29, 1.82) is 0 Å². The van der Waals surface area contributed by atoms with Gasteiger partial charge >= 0.3 is 0 Å². The van der Waals surface area contributed by atoms with E-state index in [-0.39, 0.29) is 36.9 Å². The number of aryl methyl sites for hydroxylation is 1. The molecule has 3 aromatic carbocycles. The Bertz CT molecular complexity index is 1650. The highest BCUT2D eigenvalue weighted by Gasteiger charge is 2.33. The van der Waals surface area contributed by atoms with E-state index in [1.54, 1.807) is 12.0 Å². The summed E-state index contributed by atoms with van der Waals surface area (Å²) in [4.78, 5) is 30.2. The first-order valence-corrected chi connectivity index (χ1v) is 15.8. The lowest BCUT2D eigenvalue weighted by Crippen LogP contribution is -2.56. The second kappa shape index (κ2) is 14.4. The molecule has 0 unspecified atom stereocenters. The van der Waals surface area contributed by atoms with E-state index in [1.165, 1.54) is 0 Å². The van der Waals surface area contributed by atoms with Crippen LogP contribution in [-0.2, 0) is 27.4 Å². The number of amides is 2. The Kier molecular flexibility index (Phi) is 9.73. The zero-order chi connectivity index (χ0) is 31.9. The molecule has 2 aliphatic rings. The summed E-state index contributed by atoms with van der Waals surface area (Å²) < 4.78 is 18.3. The molecule has 4 bridgehead atoms. The molecule has 1 aromatic heterocycles. The number of methoxy groups -OCH3 is 1. The minimum absolute atomic E-state index is 0.00624. The molecule has 0 spiro atoms. The van der Waals surface area contributed by atoms with Crippen molar-refractivity contribution in [3.63, 3.8) is 0 Å². The molecule has 6 rings (SSSR count). The van der Waals surface area contributed by atoms with Gasteiger partial charge in [0.25, 0.3) is 0 Å². The van der Waals surface area contributed by atoms with Crippen LogP contribution in [0.1, 0.15) is 30.9 Å². The Labute approximate surface area is 269 Å². The Morgan fingerprint density at radius 2 is 1.80 bits per heavy atom. The van der Waals surface area contributed by atoms with Crippen LogP contribution in [-0.4, -0.2) is 72.3 Å². The van der Waals surface area contributed by atoms with Gasteiger partial charge < -0.3 is 29.3 Å². The topological polar surface area (TPSA) is 106 Å². The summed E-state index contributed by atoms with van der Waals surface area (Å²) in [6.45, 7) is 3.82. The van der Waals surface area contributed by atoms with E-state index in [9.17, 15) is 9.59 Å². The van der Waals surface area contributed by atoms with E-state index in [0.717, 1.165) is 28.2 Å². The molecule has 2 amide bonds. The van der Waals surface area contributed by atoms with Crippen molar-refractivity contribution in [2.75, 3.05) is 38.2 Å². The molecule has 238 valence electrons. The predicted molar refractivity (Wildman–Crippen MR) is 175 cm³/mol. The number of aromatic nitrogens is 2. The second-order valence-electron chi connectivity index (χ2n) is 11.5. The minimum Gasteiger partial charge on any atom is -0.493 e. The van der Waals surface area contributed by atoms with Gasteiger partial charge in [-0.1, -0.05) is 48.5 Å². The van der Waals surface area contributed by atoms with Crippen molar-refractivity contribution < 1.29 is 23.8 Å². The monoisotopic (exact) mass is 621 g/mol. The van der Waals surface area contributed by atoms with Gasteiger partial charge in [-0.25, -0.2) is 0 Å². The van der Waals surface area contributed by atoms with Crippen LogP contribution in [0, 0.1) is 0 Å². The van der Waals surface area contributed by atoms with Gasteiger partial charge in [0.2, 0.25) is 11.8 Å². The molecule has 0 radical (unpaired) electrons. The number of fused-ring (bicyclic) bond motifs is 5. The molecule has 1 fully saturated rings. The van der Waals surface area contributed by atoms with Gasteiger partial charge in [0.15, 0.2) is 17.3 Å². The molecule has 2 aliphatic heterocycles. The van der Waals surface area contributed by atoms with Gasteiger partial charge in [-0.3, -0.25) is 9.59 Å². The normalized spacial score (nSPS) is 19.3. The van der Waals surface area contributed by atoms with Crippen LogP contribution < -0.4 is 19.7 Å². The molecular formula is C36H39N5O5. The molecule has 3 heterocycles. The SMILES string of the molecule is CCN1CC(=O)N[C@H]2CCN(c3ccc(-c4ccccc4)nn3)C[C@@H]2OCc2cccc(c2)Oc2cc(ccc2OC)CCC1=O. The Morgan fingerprint density at radius 3 is 2.59 bits per heavy atom. The lowest BCUT2D eigenvalue weighted by Gasteiger charge is -2.39. The van der Waals surface area contributed by atoms with Gasteiger partial charge in [-0.05, 0) is 67.3 Å². The molecule has 10 nitrogen and oxygen atoms in total. The number of benzene rings is 3. The number of rotatable bonds is 4. The van der Waals surface area contributed by atoms with Crippen LogP contribution in [0.25, 0.3) is 11.3 Å². The molecule has 2 atom stereocenters. The summed E-state index contributed by atoms with van der Waals surface area (Å²) in [5.41, 5.74) is 3.69. The maximum absolute atomic E-state index is 13.3. The van der Waals surface area contributed by atoms with Crippen LogP contribution in [0.3, 0.4) is 0 Å². The van der Waals surface area contributed by atoms with Gasteiger partial charge in [0.05, 0.1) is 38.1 Å². The second-order valence-corrected chi connectivity index (χ2v) is 11.5. The number of piperidine rings is 1. The molecule has 10 heteroatoms. The van der Waals surface area contributed by atoms with Crippen molar-refractivity contribution in [2.45, 2.75) is 44.9 Å². The van der Waals surface area contributed by atoms with Gasteiger partial charge in [-0.15, -0.1) is 10.2 Å². The highest BCUT2D eigenvalue weighted by atomic mass is 16.5. The van der Waals surface area contributed by atoms with E-state index in [4.69, 9.17) is 14.2 Å². The van der Waals surface area contributed by atoms with Crippen LogP contribution in [0.5, 0.6) is 17.2 Å².